The number of anilines is 1. The molecule has 0 aromatic heterocycles. The molecule has 0 saturated carbocycles. The van der Waals surface area contributed by atoms with Gasteiger partial charge < -0.3 is 10.2 Å². The average molecular weight is 294 g/mol. The third-order valence-electron chi connectivity index (χ3n) is 4.19. The molecular weight excluding hydrogens is 272 g/mol. The first-order valence-electron chi connectivity index (χ1n) is 7.94. The molecule has 1 aliphatic heterocycles. The molecule has 1 atom stereocenters. The normalized spacial score (nSPS) is 18.0. The van der Waals surface area contributed by atoms with Crippen LogP contribution in [-0.4, -0.2) is 24.0 Å². The summed E-state index contributed by atoms with van der Waals surface area (Å²) in [7, 11) is 0. The number of hydrogen-bond donors (Lipinski definition) is 1. The van der Waals surface area contributed by atoms with E-state index in [1.807, 2.05) is 47.4 Å². The molecule has 0 bridgehead atoms. The Balaban J connectivity index is 1.65. The molecule has 1 heterocycles. The van der Waals surface area contributed by atoms with Gasteiger partial charge in [0.05, 0.1) is 0 Å². The van der Waals surface area contributed by atoms with Crippen molar-refractivity contribution in [3.8, 4) is 11.1 Å². The van der Waals surface area contributed by atoms with E-state index in [4.69, 9.17) is 0 Å². The van der Waals surface area contributed by atoms with Crippen molar-refractivity contribution in [1.29, 1.82) is 0 Å². The van der Waals surface area contributed by atoms with Crippen LogP contribution < -0.4 is 5.32 Å². The summed E-state index contributed by atoms with van der Waals surface area (Å²) in [6.45, 7) is 3.92. The van der Waals surface area contributed by atoms with Crippen LogP contribution in [0.4, 0.5) is 10.5 Å². The van der Waals surface area contributed by atoms with Gasteiger partial charge in [-0.3, -0.25) is 0 Å². The number of hydrogen-bond acceptors (Lipinski definition) is 1. The first-order valence-corrected chi connectivity index (χ1v) is 7.94. The Bertz CT molecular complexity index is 622. The topological polar surface area (TPSA) is 32.3 Å². The predicted molar refractivity (Wildman–Crippen MR) is 90.9 cm³/mol. The quantitative estimate of drug-likeness (QED) is 0.861. The second kappa shape index (κ2) is 6.65. The predicted octanol–water partition coefficient (Wildman–Crippen LogP) is 4.62. The second-order valence-corrected chi connectivity index (χ2v) is 6.07. The van der Waals surface area contributed by atoms with Gasteiger partial charge in [0, 0.05) is 18.8 Å². The summed E-state index contributed by atoms with van der Waals surface area (Å²) in [5, 5.41) is 3.00. The first-order chi connectivity index (χ1) is 10.7. The Hall–Kier alpha value is -2.29. The zero-order valence-electron chi connectivity index (χ0n) is 13.0. The van der Waals surface area contributed by atoms with Crippen molar-refractivity contribution in [2.24, 2.45) is 5.92 Å². The highest BCUT2D eigenvalue weighted by Gasteiger charge is 2.20. The minimum Gasteiger partial charge on any atom is -0.324 e. The molecule has 3 rings (SSSR count). The lowest BCUT2D eigenvalue weighted by molar-refractivity contribution is 0.182. The Morgan fingerprint density at radius 3 is 2.41 bits per heavy atom. The van der Waals surface area contributed by atoms with E-state index < -0.39 is 0 Å². The van der Waals surface area contributed by atoms with Gasteiger partial charge in [0.1, 0.15) is 0 Å². The molecule has 1 aliphatic rings. The smallest absolute Gasteiger partial charge is 0.321 e. The van der Waals surface area contributed by atoms with Crippen LogP contribution in [0.3, 0.4) is 0 Å². The molecule has 0 radical (unpaired) electrons. The van der Waals surface area contributed by atoms with Crippen LogP contribution in [0, 0.1) is 5.92 Å². The fourth-order valence-corrected chi connectivity index (χ4v) is 2.95. The molecule has 3 heteroatoms. The van der Waals surface area contributed by atoms with E-state index in [1.165, 1.54) is 12.0 Å². The summed E-state index contributed by atoms with van der Waals surface area (Å²) in [6.07, 6.45) is 2.32. The summed E-state index contributed by atoms with van der Waals surface area (Å²) in [5.41, 5.74) is 3.19. The van der Waals surface area contributed by atoms with Gasteiger partial charge in [-0.1, -0.05) is 49.4 Å². The SMILES string of the molecule is CC1CCCN(C(=O)Nc2ccc(-c3ccccc3)cc2)C1. The Morgan fingerprint density at radius 2 is 1.73 bits per heavy atom. The number of amides is 2. The lowest BCUT2D eigenvalue weighted by Crippen LogP contribution is -2.41. The molecule has 0 spiro atoms. The molecule has 1 N–H and O–H groups in total. The number of benzene rings is 2. The van der Waals surface area contributed by atoms with E-state index in [2.05, 4.69) is 24.4 Å². The zero-order valence-corrected chi connectivity index (χ0v) is 13.0. The summed E-state index contributed by atoms with van der Waals surface area (Å²) in [5.74, 6) is 0.597. The van der Waals surface area contributed by atoms with Crippen molar-refractivity contribution >= 4 is 11.7 Å². The summed E-state index contributed by atoms with van der Waals surface area (Å²) >= 11 is 0. The molecule has 2 aromatic carbocycles. The molecule has 114 valence electrons. The van der Waals surface area contributed by atoms with Gasteiger partial charge in [-0.15, -0.1) is 0 Å². The van der Waals surface area contributed by atoms with E-state index in [0.29, 0.717) is 5.92 Å². The fraction of sp³-hybridized carbons (Fsp3) is 0.316. The number of likely N-dealkylation sites (tertiary alicyclic amines) is 1. The maximum Gasteiger partial charge on any atom is 0.321 e. The third kappa shape index (κ3) is 3.48. The highest BCUT2D eigenvalue weighted by atomic mass is 16.2. The summed E-state index contributed by atoms with van der Waals surface area (Å²) in [6, 6.07) is 18.3. The molecule has 1 unspecified atom stereocenters. The monoisotopic (exact) mass is 294 g/mol. The minimum atomic E-state index is 0.0130. The Kier molecular flexibility index (Phi) is 4.42. The van der Waals surface area contributed by atoms with Crippen LogP contribution in [0.25, 0.3) is 11.1 Å². The minimum absolute atomic E-state index is 0.0130. The van der Waals surface area contributed by atoms with Gasteiger partial charge >= 0.3 is 6.03 Å². The largest absolute Gasteiger partial charge is 0.324 e. The zero-order chi connectivity index (χ0) is 15.4. The van der Waals surface area contributed by atoms with Gasteiger partial charge in [0.2, 0.25) is 0 Å². The number of nitrogens with zero attached hydrogens (tertiary/aromatic N) is 1. The summed E-state index contributed by atoms with van der Waals surface area (Å²) in [4.78, 5) is 14.2. The number of urea groups is 1. The van der Waals surface area contributed by atoms with E-state index in [9.17, 15) is 4.79 Å². The molecule has 1 saturated heterocycles. The van der Waals surface area contributed by atoms with E-state index >= 15 is 0 Å². The number of carbonyl (C=O) groups excluding carboxylic acids is 1. The van der Waals surface area contributed by atoms with E-state index in [-0.39, 0.29) is 6.03 Å². The molecule has 22 heavy (non-hydrogen) atoms. The van der Waals surface area contributed by atoms with E-state index in [0.717, 1.165) is 30.8 Å². The number of carbonyl (C=O) groups is 1. The van der Waals surface area contributed by atoms with Gasteiger partial charge in [-0.25, -0.2) is 4.79 Å². The molecule has 3 nitrogen and oxygen atoms in total. The molecular formula is C19H22N2O. The van der Waals surface area contributed by atoms with Crippen molar-refractivity contribution in [3.05, 3.63) is 54.6 Å². The highest BCUT2D eigenvalue weighted by Crippen LogP contribution is 2.22. The third-order valence-corrected chi connectivity index (χ3v) is 4.19. The van der Waals surface area contributed by atoms with Crippen LogP contribution in [0.15, 0.2) is 54.6 Å². The van der Waals surface area contributed by atoms with Gasteiger partial charge in [-0.05, 0) is 42.0 Å². The Labute approximate surface area is 132 Å². The van der Waals surface area contributed by atoms with E-state index in [1.54, 1.807) is 0 Å². The van der Waals surface area contributed by atoms with Crippen LogP contribution in [0.1, 0.15) is 19.8 Å². The van der Waals surface area contributed by atoms with Gasteiger partial charge in [0.25, 0.3) is 0 Å². The van der Waals surface area contributed by atoms with Crippen molar-refractivity contribution in [1.82, 2.24) is 4.90 Å². The standard InChI is InChI=1S/C19H22N2O/c1-15-6-5-13-21(14-15)19(22)20-18-11-9-17(10-12-18)16-7-3-2-4-8-16/h2-4,7-12,15H,5-6,13-14H2,1H3,(H,20,22). The lowest BCUT2D eigenvalue weighted by Gasteiger charge is -2.30. The molecule has 2 aromatic rings. The second-order valence-electron chi connectivity index (χ2n) is 6.07. The van der Waals surface area contributed by atoms with Crippen LogP contribution in [-0.2, 0) is 0 Å². The highest BCUT2D eigenvalue weighted by molar-refractivity contribution is 5.89. The number of piperidine rings is 1. The van der Waals surface area contributed by atoms with Crippen molar-refractivity contribution in [2.75, 3.05) is 18.4 Å². The maximum atomic E-state index is 12.3. The molecule has 0 aliphatic carbocycles. The van der Waals surface area contributed by atoms with Crippen LogP contribution in [0.2, 0.25) is 0 Å². The molecule has 1 fully saturated rings. The maximum absolute atomic E-state index is 12.3. The van der Waals surface area contributed by atoms with Crippen molar-refractivity contribution in [2.45, 2.75) is 19.8 Å². The fourth-order valence-electron chi connectivity index (χ4n) is 2.95. The number of nitrogens with one attached hydrogen (secondary N) is 1. The summed E-state index contributed by atoms with van der Waals surface area (Å²) < 4.78 is 0. The first kappa shape index (κ1) is 14.6. The lowest BCUT2D eigenvalue weighted by atomic mass is 10.0. The Morgan fingerprint density at radius 1 is 1.05 bits per heavy atom. The van der Waals surface area contributed by atoms with Crippen molar-refractivity contribution in [3.63, 3.8) is 0 Å². The number of rotatable bonds is 2. The van der Waals surface area contributed by atoms with Crippen molar-refractivity contribution < 1.29 is 4.79 Å². The average Bonchev–Trinajstić information content (AvgIpc) is 2.56. The van der Waals surface area contributed by atoms with Gasteiger partial charge in [0.15, 0.2) is 0 Å². The van der Waals surface area contributed by atoms with Crippen LogP contribution >= 0.6 is 0 Å². The molecule has 2 amide bonds. The van der Waals surface area contributed by atoms with Gasteiger partial charge in [-0.2, -0.15) is 0 Å². The van der Waals surface area contributed by atoms with Crippen LogP contribution in [0.5, 0.6) is 0 Å².